The molecule has 0 fully saturated rings. The Labute approximate surface area is 138 Å². The SMILES string of the molecule is CSc1nnc2c3c4c(sc3nc(C(C)C)n12)C[C@@H](C)CC4. The van der Waals surface area contributed by atoms with Crippen LogP contribution in [0, 0.1) is 5.92 Å². The van der Waals surface area contributed by atoms with Crippen LogP contribution in [0.3, 0.4) is 0 Å². The number of hydrogen-bond acceptors (Lipinski definition) is 5. The molecule has 4 nitrogen and oxygen atoms in total. The minimum Gasteiger partial charge on any atom is -0.257 e. The molecule has 0 aromatic carbocycles. The zero-order chi connectivity index (χ0) is 15.4. The van der Waals surface area contributed by atoms with Crippen molar-refractivity contribution in [3.05, 3.63) is 16.3 Å². The van der Waals surface area contributed by atoms with Crippen LogP contribution in [0.5, 0.6) is 0 Å². The third-order valence-electron chi connectivity index (χ3n) is 4.49. The molecule has 0 saturated heterocycles. The zero-order valence-electron chi connectivity index (χ0n) is 13.4. The Morgan fingerprint density at radius 3 is 2.86 bits per heavy atom. The Morgan fingerprint density at radius 2 is 2.14 bits per heavy atom. The Morgan fingerprint density at radius 1 is 1.32 bits per heavy atom. The van der Waals surface area contributed by atoms with Crippen LogP contribution in [0.2, 0.25) is 0 Å². The van der Waals surface area contributed by atoms with E-state index < -0.39 is 0 Å². The van der Waals surface area contributed by atoms with Crippen LogP contribution in [-0.4, -0.2) is 25.8 Å². The average molecular weight is 332 g/mol. The number of nitrogens with zero attached hydrogens (tertiary/aromatic N) is 4. The summed E-state index contributed by atoms with van der Waals surface area (Å²) in [5.41, 5.74) is 2.48. The van der Waals surface area contributed by atoms with Crippen molar-refractivity contribution < 1.29 is 0 Å². The highest BCUT2D eigenvalue weighted by Crippen LogP contribution is 2.40. The first kappa shape index (κ1) is 14.5. The van der Waals surface area contributed by atoms with Gasteiger partial charge in [0.15, 0.2) is 10.8 Å². The molecule has 0 saturated carbocycles. The van der Waals surface area contributed by atoms with Gasteiger partial charge in [-0.2, -0.15) is 0 Å². The van der Waals surface area contributed by atoms with Gasteiger partial charge in [-0.25, -0.2) is 4.98 Å². The summed E-state index contributed by atoms with van der Waals surface area (Å²) in [5, 5.41) is 11.1. The first-order valence-electron chi connectivity index (χ1n) is 7.83. The van der Waals surface area contributed by atoms with Crippen molar-refractivity contribution in [1.82, 2.24) is 19.6 Å². The fraction of sp³-hybridized carbons (Fsp3) is 0.562. The fourth-order valence-electron chi connectivity index (χ4n) is 3.36. The normalized spacial score (nSPS) is 18.5. The average Bonchev–Trinajstić information content (AvgIpc) is 3.05. The van der Waals surface area contributed by atoms with Gasteiger partial charge in [0.25, 0.3) is 0 Å². The van der Waals surface area contributed by atoms with Crippen molar-refractivity contribution in [3.8, 4) is 0 Å². The molecule has 3 heterocycles. The van der Waals surface area contributed by atoms with Crippen LogP contribution >= 0.6 is 23.1 Å². The van der Waals surface area contributed by atoms with E-state index in [1.807, 2.05) is 11.3 Å². The summed E-state index contributed by atoms with van der Waals surface area (Å²) >= 11 is 3.51. The van der Waals surface area contributed by atoms with E-state index >= 15 is 0 Å². The lowest BCUT2D eigenvalue weighted by Gasteiger charge is -2.17. The van der Waals surface area contributed by atoms with Crippen LogP contribution in [-0.2, 0) is 12.8 Å². The van der Waals surface area contributed by atoms with Gasteiger partial charge >= 0.3 is 0 Å². The van der Waals surface area contributed by atoms with Crippen LogP contribution < -0.4 is 0 Å². The molecule has 3 aromatic heterocycles. The van der Waals surface area contributed by atoms with Crippen LogP contribution in [0.1, 0.15) is 49.4 Å². The van der Waals surface area contributed by atoms with E-state index in [1.54, 1.807) is 11.8 Å². The van der Waals surface area contributed by atoms with Crippen LogP contribution in [0.4, 0.5) is 0 Å². The summed E-state index contributed by atoms with van der Waals surface area (Å²) in [5.74, 6) is 2.20. The van der Waals surface area contributed by atoms with Crippen molar-refractivity contribution in [2.24, 2.45) is 5.92 Å². The third kappa shape index (κ3) is 2.00. The lowest BCUT2D eigenvalue weighted by Crippen LogP contribution is -2.09. The maximum absolute atomic E-state index is 5.00. The van der Waals surface area contributed by atoms with Crippen molar-refractivity contribution in [1.29, 1.82) is 0 Å². The molecule has 0 amide bonds. The minimum absolute atomic E-state index is 0.354. The molecule has 6 heteroatoms. The maximum atomic E-state index is 5.00. The number of hydrogen-bond donors (Lipinski definition) is 0. The third-order valence-corrected chi connectivity index (χ3v) is 6.27. The molecular formula is C16H20N4S2. The van der Waals surface area contributed by atoms with Crippen molar-refractivity contribution in [2.75, 3.05) is 6.26 Å². The van der Waals surface area contributed by atoms with E-state index in [-0.39, 0.29) is 0 Å². The zero-order valence-corrected chi connectivity index (χ0v) is 15.0. The molecule has 1 aliphatic rings. The number of aromatic nitrogens is 4. The molecule has 4 rings (SSSR count). The maximum Gasteiger partial charge on any atom is 0.196 e. The van der Waals surface area contributed by atoms with Gasteiger partial charge in [-0.05, 0) is 37.0 Å². The van der Waals surface area contributed by atoms with Gasteiger partial charge < -0.3 is 0 Å². The molecule has 0 N–H and O–H groups in total. The van der Waals surface area contributed by atoms with Crippen molar-refractivity contribution in [3.63, 3.8) is 0 Å². The van der Waals surface area contributed by atoms with Crippen molar-refractivity contribution >= 4 is 39.0 Å². The van der Waals surface area contributed by atoms with Gasteiger partial charge in [-0.1, -0.05) is 32.5 Å². The van der Waals surface area contributed by atoms with E-state index in [0.717, 1.165) is 33.8 Å². The Hall–Kier alpha value is -1.14. The summed E-state index contributed by atoms with van der Waals surface area (Å²) in [6.07, 6.45) is 5.65. The highest BCUT2D eigenvalue weighted by Gasteiger charge is 2.25. The second kappa shape index (κ2) is 5.20. The summed E-state index contributed by atoms with van der Waals surface area (Å²) in [6.45, 7) is 6.72. The van der Waals surface area contributed by atoms with Gasteiger partial charge in [0.1, 0.15) is 10.7 Å². The molecule has 0 unspecified atom stereocenters. The molecule has 0 aliphatic heterocycles. The molecule has 22 heavy (non-hydrogen) atoms. The Balaban J connectivity index is 2.11. The van der Waals surface area contributed by atoms with Crippen LogP contribution in [0.15, 0.2) is 5.16 Å². The number of fused-ring (bicyclic) bond motifs is 5. The van der Waals surface area contributed by atoms with E-state index in [4.69, 9.17) is 4.98 Å². The molecule has 1 atom stereocenters. The van der Waals surface area contributed by atoms with E-state index in [2.05, 4.69) is 41.6 Å². The Bertz CT molecular complexity index is 862. The molecule has 0 spiro atoms. The standard InChI is InChI=1S/C16H20N4S2/c1-8(2)13-17-15-12(14-18-19-16(21-4)20(13)14)10-6-5-9(3)7-11(10)22-15/h8-9H,5-7H2,1-4H3/t9-/m0/s1. The quantitative estimate of drug-likeness (QED) is 0.656. The van der Waals surface area contributed by atoms with Gasteiger partial charge in [0.05, 0.1) is 5.39 Å². The number of aryl methyl sites for hydroxylation is 1. The number of thioether (sulfide) groups is 1. The second-order valence-electron chi connectivity index (χ2n) is 6.50. The molecule has 3 aromatic rings. The largest absolute Gasteiger partial charge is 0.257 e. The lowest BCUT2D eigenvalue weighted by atomic mass is 9.89. The van der Waals surface area contributed by atoms with Gasteiger partial charge in [-0.3, -0.25) is 4.40 Å². The summed E-state index contributed by atoms with van der Waals surface area (Å²) < 4.78 is 2.17. The predicted molar refractivity (Wildman–Crippen MR) is 93.2 cm³/mol. The topological polar surface area (TPSA) is 43.1 Å². The van der Waals surface area contributed by atoms with Gasteiger partial charge in [0, 0.05) is 10.8 Å². The number of rotatable bonds is 2. The molecule has 116 valence electrons. The highest BCUT2D eigenvalue weighted by molar-refractivity contribution is 7.98. The first-order chi connectivity index (χ1) is 10.6. The van der Waals surface area contributed by atoms with E-state index in [9.17, 15) is 0 Å². The summed E-state index contributed by atoms with van der Waals surface area (Å²) in [4.78, 5) is 7.66. The highest BCUT2D eigenvalue weighted by atomic mass is 32.2. The lowest BCUT2D eigenvalue weighted by molar-refractivity contribution is 0.509. The predicted octanol–water partition coefficient (Wildman–Crippen LogP) is 4.31. The van der Waals surface area contributed by atoms with Gasteiger partial charge in [-0.15, -0.1) is 21.5 Å². The van der Waals surface area contributed by atoms with Crippen molar-refractivity contribution in [2.45, 2.75) is 51.1 Å². The number of thiophene rings is 1. The smallest absolute Gasteiger partial charge is 0.196 e. The fourth-order valence-corrected chi connectivity index (χ4v) is 5.23. The summed E-state index contributed by atoms with van der Waals surface area (Å²) in [7, 11) is 0. The Kier molecular flexibility index (Phi) is 3.42. The minimum atomic E-state index is 0.354. The monoisotopic (exact) mass is 332 g/mol. The molecule has 1 aliphatic carbocycles. The van der Waals surface area contributed by atoms with E-state index in [1.165, 1.54) is 28.7 Å². The first-order valence-corrected chi connectivity index (χ1v) is 9.87. The second-order valence-corrected chi connectivity index (χ2v) is 8.36. The molecule has 0 radical (unpaired) electrons. The van der Waals surface area contributed by atoms with E-state index in [0.29, 0.717) is 5.92 Å². The summed E-state index contributed by atoms with van der Waals surface area (Å²) in [6, 6.07) is 0. The molecule has 0 bridgehead atoms. The van der Waals surface area contributed by atoms with Crippen LogP contribution in [0.25, 0.3) is 15.9 Å². The molecular weight excluding hydrogens is 312 g/mol. The van der Waals surface area contributed by atoms with Gasteiger partial charge in [0.2, 0.25) is 0 Å².